The minimum absolute atomic E-state index is 0.286. The molecule has 0 aliphatic rings. The molecule has 0 aliphatic heterocycles. The van der Waals surface area contributed by atoms with Gasteiger partial charge in [-0.3, -0.25) is 0 Å². The van der Waals surface area contributed by atoms with Crippen LogP contribution in [-0.2, 0) is 0 Å². The molecule has 0 amide bonds. The third-order valence-corrected chi connectivity index (χ3v) is 3.81. The maximum absolute atomic E-state index is 11.4. The van der Waals surface area contributed by atoms with Gasteiger partial charge in [0, 0.05) is 10.3 Å². The van der Waals surface area contributed by atoms with Gasteiger partial charge in [-0.1, -0.05) is 48.2 Å². The molecular formula is C16H11NO2S. The summed E-state index contributed by atoms with van der Waals surface area (Å²) in [6.45, 7) is 0. The Morgan fingerprint density at radius 3 is 2.45 bits per heavy atom. The number of carboxylic acid groups (broad SMARTS) is 1. The van der Waals surface area contributed by atoms with E-state index in [2.05, 4.69) is 4.98 Å². The lowest BCUT2D eigenvalue weighted by atomic mass is 10.1. The molecule has 0 saturated carbocycles. The highest BCUT2D eigenvalue weighted by atomic mass is 32.2. The van der Waals surface area contributed by atoms with Crippen molar-refractivity contribution in [2.45, 2.75) is 9.92 Å². The lowest BCUT2D eigenvalue weighted by Gasteiger charge is -2.06. The normalized spacial score (nSPS) is 10.6. The Kier molecular flexibility index (Phi) is 3.39. The Morgan fingerprint density at radius 2 is 1.70 bits per heavy atom. The molecule has 0 unspecified atom stereocenters. The van der Waals surface area contributed by atoms with Gasteiger partial charge in [0.05, 0.1) is 11.1 Å². The van der Waals surface area contributed by atoms with E-state index in [1.54, 1.807) is 12.1 Å². The molecule has 0 atom stereocenters. The van der Waals surface area contributed by atoms with E-state index >= 15 is 0 Å². The van der Waals surface area contributed by atoms with E-state index in [4.69, 9.17) is 0 Å². The smallest absolute Gasteiger partial charge is 0.336 e. The highest BCUT2D eigenvalue weighted by Gasteiger charge is 2.12. The third-order valence-electron chi connectivity index (χ3n) is 2.89. The van der Waals surface area contributed by atoms with Crippen molar-refractivity contribution in [3.8, 4) is 0 Å². The van der Waals surface area contributed by atoms with E-state index in [0.29, 0.717) is 15.9 Å². The van der Waals surface area contributed by atoms with Gasteiger partial charge in [0.2, 0.25) is 0 Å². The molecule has 0 radical (unpaired) electrons. The Labute approximate surface area is 120 Å². The summed E-state index contributed by atoms with van der Waals surface area (Å²) in [6.07, 6.45) is 0. The number of benzene rings is 2. The van der Waals surface area contributed by atoms with Crippen LogP contribution in [0.5, 0.6) is 0 Å². The van der Waals surface area contributed by atoms with Gasteiger partial charge in [0.1, 0.15) is 5.03 Å². The Balaban J connectivity index is 2.10. The molecule has 2 aromatic carbocycles. The molecule has 0 aliphatic carbocycles. The molecular weight excluding hydrogens is 270 g/mol. The zero-order valence-corrected chi connectivity index (χ0v) is 11.3. The Hall–Kier alpha value is -2.33. The molecule has 1 heterocycles. The number of pyridine rings is 1. The molecule has 1 aromatic heterocycles. The quantitative estimate of drug-likeness (QED) is 0.785. The Bertz CT molecular complexity index is 772. The van der Waals surface area contributed by atoms with Gasteiger partial charge < -0.3 is 5.11 Å². The summed E-state index contributed by atoms with van der Waals surface area (Å²) in [7, 11) is 0. The van der Waals surface area contributed by atoms with Crippen molar-refractivity contribution in [1.29, 1.82) is 0 Å². The number of hydrogen-bond acceptors (Lipinski definition) is 3. The van der Waals surface area contributed by atoms with E-state index < -0.39 is 5.97 Å². The number of para-hydroxylation sites is 1. The Morgan fingerprint density at radius 1 is 1.00 bits per heavy atom. The van der Waals surface area contributed by atoms with Crippen molar-refractivity contribution in [3.63, 3.8) is 0 Å². The molecule has 0 spiro atoms. The largest absolute Gasteiger partial charge is 0.478 e. The number of carbonyl (C=O) groups is 1. The number of rotatable bonds is 3. The fraction of sp³-hybridized carbons (Fsp3) is 0. The van der Waals surface area contributed by atoms with Gasteiger partial charge in [-0.2, -0.15) is 0 Å². The number of hydrogen-bond donors (Lipinski definition) is 1. The summed E-state index contributed by atoms with van der Waals surface area (Å²) in [4.78, 5) is 16.9. The summed E-state index contributed by atoms with van der Waals surface area (Å²) in [5.74, 6) is -0.932. The van der Waals surface area contributed by atoms with Crippen LogP contribution in [0.4, 0.5) is 0 Å². The minimum Gasteiger partial charge on any atom is -0.478 e. The van der Waals surface area contributed by atoms with Crippen molar-refractivity contribution in [2.75, 3.05) is 0 Å². The molecule has 3 nitrogen and oxygen atoms in total. The first-order chi connectivity index (χ1) is 9.74. The number of nitrogens with zero attached hydrogens (tertiary/aromatic N) is 1. The third kappa shape index (κ3) is 2.51. The van der Waals surface area contributed by atoms with Crippen molar-refractivity contribution in [2.24, 2.45) is 0 Å². The summed E-state index contributed by atoms with van der Waals surface area (Å²) >= 11 is 1.46. The number of aromatic nitrogens is 1. The second kappa shape index (κ2) is 5.35. The van der Waals surface area contributed by atoms with E-state index in [0.717, 1.165) is 4.90 Å². The molecule has 1 N–H and O–H groups in total. The second-order valence-corrected chi connectivity index (χ2v) is 5.34. The number of fused-ring (bicyclic) bond motifs is 1. The monoisotopic (exact) mass is 281 g/mol. The summed E-state index contributed by atoms with van der Waals surface area (Å²) < 4.78 is 0. The topological polar surface area (TPSA) is 50.2 Å². The maximum Gasteiger partial charge on any atom is 0.336 e. The van der Waals surface area contributed by atoms with E-state index in [1.165, 1.54) is 11.8 Å². The summed E-state index contributed by atoms with van der Waals surface area (Å²) in [6, 6.07) is 18.7. The molecule has 20 heavy (non-hydrogen) atoms. The highest BCUT2D eigenvalue weighted by molar-refractivity contribution is 7.99. The first-order valence-electron chi connectivity index (χ1n) is 6.10. The van der Waals surface area contributed by atoms with Crippen molar-refractivity contribution >= 4 is 28.6 Å². The molecule has 98 valence electrons. The van der Waals surface area contributed by atoms with Crippen LogP contribution in [0.1, 0.15) is 10.4 Å². The average molecular weight is 281 g/mol. The maximum atomic E-state index is 11.4. The van der Waals surface area contributed by atoms with Crippen LogP contribution in [0, 0.1) is 0 Å². The predicted molar refractivity (Wildman–Crippen MR) is 79.3 cm³/mol. The fourth-order valence-electron chi connectivity index (χ4n) is 1.99. The van der Waals surface area contributed by atoms with Gasteiger partial charge in [-0.05, 0) is 24.3 Å². The lowest BCUT2D eigenvalue weighted by Crippen LogP contribution is -1.99. The predicted octanol–water partition coefficient (Wildman–Crippen LogP) is 4.08. The van der Waals surface area contributed by atoms with E-state index in [-0.39, 0.29) is 5.56 Å². The van der Waals surface area contributed by atoms with E-state index in [9.17, 15) is 9.90 Å². The van der Waals surface area contributed by atoms with Crippen molar-refractivity contribution in [1.82, 2.24) is 4.98 Å². The molecule has 3 aromatic rings. The summed E-state index contributed by atoms with van der Waals surface area (Å²) in [5, 5.41) is 10.7. The van der Waals surface area contributed by atoms with Gasteiger partial charge in [0.15, 0.2) is 0 Å². The average Bonchev–Trinajstić information content (AvgIpc) is 2.47. The van der Waals surface area contributed by atoms with Gasteiger partial charge >= 0.3 is 5.97 Å². The number of carboxylic acids is 1. The molecule has 0 fully saturated rings. The first-order valence-corrected chi connectivity index (χ1v) is 6.92. The highest BCUT2D eigenvalue weighted by Crippen LogP contribution is 2.29. The minimum atomic E-state index is -0.932. The second-order valence-electron chi connectivity index (χ2n) is 4.25. The zero-order chi connectivity index (χ0) is 13.9. The number of aromatic carboxylic acids is 1. The van der Waals surface area contributed by atoms with Crippen molar-refractivity contribution in [3.05, 3.63) is 66.2 Å². The van der Waals surface area contributed by atoms with Gasteiger partial charge in [-0.15, -0.1) is 0 Å². The standard InChI is InChI=1S/C16H11NO2S/c18-16(19)13-10-15(20-11-6-2-1-3-7-11)17-14-9-5-4-8-12(13)14/h1-10H,(H,18,19). The van der Waals surface area contributed by atoms with Crippen LogP contribution in [0.15, 0.2) is 70.6 Å². The fourth-order valence-corrected chi connectivity index (χ4v) is 2.85. The van der Waals surface area contributed by atoms with Crippen LogP contribution in [0.3, 0.4) is 0 Å². The van der Waals surface area contributed by atoms with Crippen LogP contribution in [-0.4, -0.2) is 16.1 Å². The molecule has 0 bridgehead atoms. The summed E-state index contributed by atoms with van der Waals surface area (Å²) in [5.41, 5.74) is 0.986. The molecule has 3 rings (SSSR count). The SMILES string of the molecule is O=C(O)c1cc(Sc2ccccc2)nc2ccccc12. The molecule has 0 saturated heterocycles. The van der Waals surface area contributed by atoms with Crippen LogP contribution in [0.2, 0.25) is 0 Å². The van der Waals surface area contributed by atoms with Crippen molar-refractivity contribution < 1.29 is 9.90 Å². The van der Waals surface area contributed by atoms with Crippen LogP contribution in [0.25, 0.3) is 10.9 Å². The molecule has 4 heteroatoms. The lowest BCUT2D eigenvalue weighted by molar-refractivity contribution is 0.0698. The van der Waals surface area contributed by atoms with Crippen LogP contribution < -0.4 is 0 Å². The first kappa shape index (κ1) is 12.7. The van der Waals surface area contributed by atoms with Crippen LogP contribution >= 0.6 is 11.8 Å². The van der Waals surface area contributed by atoms with Gasteiger partial charge in [-0.25, -0.2) is 9.78 Å². The van der Waals surface area contributed by atoms with Gasteiger partial charge in [0.25, 0.3) is 0 Å². The zero-order valence-electron chi connectivity index (χ0n) is 10.5. The van der Waals surface area contributed by atoms with E-state index in [1.807, 2.05) is 48.5 Å².